The lowest BCUT2D eigenvalue weighted by Crippen LogP contribution is -2.62. The van der Waals surface area contributed by atoms with Crippen LogP contribution in [0.25, 0.3) is 0 Å². The summed E-state index contributed by atoms with van der Waals surface area (Å²) in [5.41, 5.74) is -16.1. The number of alkyl halides is 15. The Morgan fingerprint density at radius 2 is 0.917 bits per heavy atom. The number of hydrogen-bond acceptors (Lipinski definition) is 4. The molecule has 0 aromatic rings. The van der Waals surface area contributed by atoms with Crippen molar-refractivity contribution < 1.29 is 85.6 Å². The van der Waals surface area contributed by atoms with E-state index in [-0.39, 0.29) is 0 Å². The topological polar surface area (TPSA) is 66.8 Å². The van der Waals surface area contributed by atoms with Crippen molar-refractivity contribution in [2.45, 2.75) is 88.2 Å². The van der Waals surface area contributed by atoms with Crippen molar-refractivity contribution in [3.8, 4) is 0 Å². The van der Waals surface area contributed by atoms with E-state index in [4.69, 9.17) is 0 Å². The van der Waals surface area contributed by atoms with Crippen LogP contribution < -0.4 is 0 Å². The Morgan fingerprint density at radius 3 is 1.08 bits per heavy atom. The van der Waals surface area contributed by atoms with Crippen LogP contribution in [0.5, 0.6) is 0 Å². The highest BCUT2D eigenvalue weighted by Crippen LogP contribution is 2.52. The normalized spacial score (nSPS) is 16.9. The predicted molar refractivity (Wildman–Crippen MR) is 86.9 cm³/mol. The van der Waals surface area contributed by atoms with Crippen LogP contribution >= 0.6 is 0 Å². The molecule has 0 aromatic heterocycles. The molecule has 0 amide bonds. The standard InChI is InChI=1S/C17H19F15O4/c1-4-10(7(2)3,13(18,19)20)9(33)36-8(5-11(34,14(21,22)23)15(24,25)26)6-12(35,16(27,28)29)17(30,31)32/h7-8,34-35H,4-6H2,1-3H3. The molecule has 0 spiro atoms. The van der Waals surface area contributed by atoms with Gasteiger partial charge in [0.05, 0.1) is 0 Å². The van der Waals surface area contributed by atoms with Gasteiger partial charge in [-0.25, -0.2) is 0 Å². The SMILES string of the molecule is CCC(C(=O)OC(CC(O)(C(F)(F)F)C(F)(F)F)CC(O)(C(F)(F)F)C(F)(F)F)(C(C)C)C(F)(F)F. The molecule has 0 heterocycles. The van der Waals surface area contributed by atoms with Gasteiger partial charge >= 0.3 is 36.9 Å². The molecule has 4 nitrogen and oxygen atoms in total. The fraction of sp³-hybridized carbons (Fsp3) is 0.941. The number of carbonyl (C=O) groups is 1. The van der Waals surface area contributed by atoms with Gasteiger partial charge < -0.3 is 14.9 Å². The molecule has 0 aromatic carbocycles. The van der Waals surface area contributed by atoms with E-state index >= 15 is 0 Å². The lowest BCUT2D eigenvalue weighted by atomic mass is 9.74. The van der Waals surface area contributed by atoms with Gasteiger partial charge in [0.15, 0.2) is 5.41 Å². The molecule has 1 atom stereocenters. The maximum atomic E-state index is 13.6. The Balaban J connectivity index is 7.03. The zero-order chi connectivity index (χ0) is 29.6. The van der Waals surface area contributed by atoms with Gasteiger partial charge in [-0.05, 0) is 12.3 Å². The van der Waals surface area contributed by atoms with E-state index in [0.29, 0.717) is 20.8 Å². The van der Waals surface area contributed by atoms with Crippen LogP contribution in [0.15, 0.2) is 0 Å². The first-order valence-electron chi connectivity index (χ1n) is 9.45. The van der Waals surface area contributed by atoms with Gasteiger partial charge in [0.25, 0.3) is 11.2 Å². The molecule has 0 rings (SSSR count). The van der Waals surface area contributed by atoms with E-state index in [2.05, 4.69) is 4.74 Å². The van der Waals surface area contributed by atoms with Crippen molar-refractivity contribution in [1.29, 1.82) is 0 Å². The largest absolute Gasteiger partial charge is 0.461 e. The second-order valence-electron chi connectivity index (χ2n) is 8.12. The Bertz CT molecular complexity index is 692. The molecule has 0 saturated carbocycles. The monoisotopic (exact) mass is 572 g/mol. The number of hydrogen-bond donors (Lipinski definition) is 2. The third kappa shape index (κ3) is 6.07. The summed E-state index contributed by atoms with van der Waals surface area (Å²) < 4.78 is 201. The molecule has 0 aliphatic carbocycles. The number of rotatable bonds is 8. The zero-order valence-corrected chi connectivity index (χ0v) is 18.2. The summed E-state index contributed by atoms with van der Waals surface area (Å²) in [6, 6.07) is 0. The van der Waals surface area contributed by atoms with Crippen LogP contribution in [0.2, 0.25) is 0 Å². The Morgan fingerprint density at radius 1 is 0.639 bits per heavy atom. The number of carbonyl (C=O) groups excluding carboxylic acids is 1. The first-order valence-corrected chi connectivity index (χ1v) is 9.45. The summed E-state index contributed by atoms with van der Waals surface area (Å²) >= 11 is 0. The van der Waals surface area contributed by atoms with E-state index in [1.807, 2.05) is 0 Å². The Kier molecular flexibility index (Phi) is 9.45. The van der Waals surface area contributed by atoms with E-state index < -0.39 is 84.8 Å². The highest BCUT2D eigenvalue weighted by Gasteiger charge is 2.75. The Labute approximate surface area is 192 Å². The lowest BCUT2D eigenvalue weighted by Gasteiger charge is -2.41. The highest BCUT2D eigenvalue weighted by atomic mass is 19.4. The molecule has 0 fully saturated rings. The van der Waals surface area contributed by atoms with E-state index in [1.165, 1.54) is 0 Å². The average molecular weight is 572 g/mol. The summed E-state index contributed by atoms with van der Waals surface area (Å²) in [5, 5.41) is 18.4. The second-order valence-corrected chi connectivity index (χ2v) is 8.12. The van der Waals surface area contributed by atoms with Gasteiger partial charge in [-0.3, -0.25) is 4.79 Å². The highest BCUT2D eigenvalue weighted by molar-refractivity contribution is 5.78. The number of aliphatic hydroxyl groups is 2. The van der Waals surface area contributed by atoms with Crippen molar-refractivity contribution in [2.75, 3.05) is 0 Å². The molecular weight excluding hydrogens is 553 g/mol. The van der Waals surface area contributed by atoms with Crippen molar-refractivity contribution in [2.24, 2.45) is 11.3 Å². The average Bonchev–Trinajstić information content (AvgIpc) is 2.56. The van der Waals surface area contributed by atoms with Crippen LogP contribution in [0, 0.1) is 11.3 Å². The summed E-state index contributed by atoms with van der Waals surface area (Å²) in [6.07, 6.45) is -45.3. The van der Waals surface area contributed by atoms with Gasteiger partial charge in [-0.2, -0.15) is 65.9 Å². The molecule has 0 radical (unpaired) electrons. The molecule has 2 N–H and O–H groups in total. The minimum absolute atomic E-state index is 0.618. The number of esters is 1. The van der Waals surface area contributed by atoms with Gasteiger partial charge in [0.1, 0.15) is 6.10 Å². The Hall–Kier alpha value is -1.66. The van der Waals surface area contributed by atoms with Crippen LogP contribution in [0.1, 0.15) is 40.0 Å². The molecule has 0 bridgehead atoms. The summed E-state index contributed by atoms with van der Waals surface area (Å²) in [4.78, 5) is 12.3. The van der Waals surface area contributed by atoms with Gasteiger partial charge in [-0.15, -0.1) is 0 Å². The van der Waals surface area contributed by atoms with Gasteiger partial charge in [0, 0.05) is 12.8 Å². The quantitative estimate of drug-likeness (QED) is 0.277. The van der Waals surface area contributed by atoms with E-state index in [0.717, 1.165) is 0 Å². The van der Waals surface area contributed by atoms with Gasteiger partial charge in [0.2, 0.25) is 0 Å². The number of halogens is 15. The van der Waals surface area contributed by atoms with Crippen molar-refractivity contribution in [3.05, 3.63) is 0 Å². The van der Waals surface area contributed by atoms with Crippen LogP contribution in [-0.4, -0.2) is 64.4 Å². The molecular formula is C17H19F15O4. The molecule has 0 aliphatic rings. The summed E-state index contributed by atoms with van der Waals surface area (Å²) in [5.74, 6) is -4.76. The molecule has 36 heavy (non-hydrogen) atoms. The lowest BCUT2D eigenvalue weighted by molar-refractivity contribution is -0.386. The van der Waals surface area contributed by atoms with Crippen molar-refractivity contribution >= 4 is 5.97 Å². The first-order chi connectivity index (χ1) is 15.5. The number of ether oxygens (including phenoxy) is 1. The maximum Gasteiger partial charge on any atom is 0.426 e. The van der Waals surface area contributed by atoms with Crippen LogP contribution in [0.3, 0.4) is 0 Å². The molecule has 0 aliphatic heterocycles. The van der Waals surface area contributed by atoms with E-state index in [9.17, 15) is 80.9 Å². The molecule has 19 heteroatoms. The third-order valence-corrected chi connectivity index (χ3v) is 5.61. The zero-order valence-electron chi connectivity index (χ0n) is 18.2. The third-order valence-electron chi connectivity index (χ3n) is 5.61. The van der Waals surface area contributed by atoms with Crippen molar-refractivity contribution in [1.82, 2.24) is 0 Å². The minimum atomic E-state index is -6.88. The van der Waals surface area contributed by atoms with Crippen LogP contribution in [-0.2, 0) is 9.53 Å². The van der Waals surface area contributed by atoms with E-state index in [1.54, 1.807) is 0 Å². The van der Waals surface area contributed by atoms with Crippen LogP contribution in [0.4, 0.5) is 65.9 Å². The molecule has 216 valence electrons. The summed E-state index contributed by atoms with van der Waals surface area (Å²) in [6.45, 7) is 1.92. The summed E-state index contributed by atoms with van der Waals surface area (Å²) in [7, 11) is 0. The fourth-order valence-corrected chi connectivity index (χ4v) is 3.29. The molecule has 0 saturated heterocycles. The first kappa shape index (κ1) is 34.3. The second kappa shape index (κ2) is 9.90. The smallest absolute Gasteiger partial charge is 0.426 e. The predicted octanol–water partition coefficient (Wildman–Crippen LogP) is 6.00. The minimum Gasteiger partial charge on any atom is -0.461 e. The van der Waals surface area contributed by atoms with Crippen molar-refractivity contribution in [3.63, 3.8) is 0 Å². The fourth-order valence-electron chi connectivity index (χ4n) is 3.29. The maximum absolute atomic E-state index is 13.6. The van der Waals surface area contributed by atoms with Gasteiger partial charge in [-0.1, -0.05) is 20.8 Å². The molecule has 1 unspecified atom stereocenters.